The van der Waals surface area contributed by atoms with E-state index in [2.05, 4.69) is 26.9 Å². The molecule has 1 aliphatic rings. The van der Waals surface area contributed by atoms with Gasteiger partial charge in [-0.3, -0.25) is 4.79 Å². The van der Waals surface area contributed by atoms with Crippen LogP contribution in [0.25, 0.3) is 16.7 Å². The Balaban J connectivity index is 1.82. The van der Waals surface area contributed by atoms with E-state index in [9.17, 15) is 23.1 Å². The lowest BCUT2D eigenvalue weighted by Crippen LogP contribution is -2.37. The number of hydrogen-bond acceptors (Lipinski definition) is 6. The number of likely N-dealkylation sites (N-methyl/N-ethyl adjacent to an activating group) is 1. The third-order valence-electron chi connectivity index (χ3n) is 4.84. The number of carbonyl (C=O) groups excluding carboxylic acids is 1. The second-order valence-corrected chi connectivity index (χ2v) is 6.81. The minimum Gasteiger partial charge on any atom is -0.383 e. The number of nitrogen functional groups attached to an aromatic ring is 1. The van der Waals surface area contributed by atoms with E-state index in [-0.39, 0.29) is 34.5 Å². The van der Waals surface area contributed by atoms with Gasteiger partial charge in [-0.25, -0.2) is 27.8 Å². The van der Waals surface area contributed by atoms with Crippen LogP contribution in [-0.2, 0) is 4.79 Å². The Morgan fingerprint density at radius 3 is 2.77 bits per heavy atom. The van der Waals surface area contributed by atoms with E-state index in [0.29, 0.717) is 6.54 Å². The second kappa shape index (κ2) is 7.00. The van der Waals surface area contributed by atoms with Crippen LogP contribution in [0.2, 0.25) is 0 Å². The highest BCUT2D eigenvalue weighted by Crippen LogP contribution is 2.31. The molecule has 8 nitrogen and oxygen atoms in total. The molecular weight excluding hydrogens is 401 g/mol. The summed E-state index contributed by atoms with van der Waals surface area (Å²) in [5.74, 6) is 3.46. The Morgan fingerprint density at radius 1 is 1.33 bits per heavy atom. The van der Waals surface area contributed by atoms with Crippen molar-refractivity contribution in [2.24, 2.45) is 0 Å². The Labute approximate surface area is 168 Å². The summed E-state index contributed by atoms with van der Waals surface area (Å²) in [6.07, 6.45) is -1.73. The van der Waals surface area contributed by atoms with E-state index in [4.69, 9.17) is 5.73 Å². The van der Waals surface area contributed by atoms with E-state index in [1.54, 1.807) is 0 Å². The average molecular weight is 416 g/mol. The van der Waals surface area contributed by atoms with Crippen molar-refractivity contribution >= 4 is 22.8 Å². The zero-order chi connectivity index (χ0) is 21.6. The van der Waals surface area contributed by atoms with Crippen LogP contribution in [0.15, 0.2) is 24.5 Å². The highest BCUT2D eigenvalue weighted by molar-refractivity contribution is 5.91. The smallest absolute Gasteiger partial charge is 0.282 e. The number of rotatable bonds is 2. The summed E-state index contributed by atoms with van der Waals surface area (Å²) in [4.78, 5) is 21.0. The maximum atomic E-state index is 14.3. The minimum atomic E-state index is -2.93. The first-order chi connectivity index (χ1) is 14.2. The fraction of sp³-hybridized carbons (Fsp3) is 0.263. The molecule has 3 heterocycles. The predicted molar refractivity (Wildman–Crippen MR) is 100 cm³/mol. The van der Waals surface area contributed by atoms with Gasteiger partial charge in [0.15, 0.2) is 5.65 Å². The zero-order valence-electron chi connectivity index (χ0n) is 15.6. The standard InChI is InChI=1S/C19H15F3N6O2/c1-27-7-6-19(30,18(27)29)5-4-10-8-11(2-3-12(10)20)28-17-13(14(26-28)15(21)22)16(23)24-9-25-17/h2-3,8-9,15,30H,6-7H2,1H3,(H2,23,24,25)/t19-/m0/s1. The van der Waals surface area contributed by atoms with Gasteiger partial charge in [-0.1, -0.05) is 11.8 Å². The molecule has 0 saturated carbocycles. The van der Waals surface area contributed by atoms with E-state index >= 15 is 0 Å². The van der Waals surface area contributed by atoms with Crippen LogP contribution in [0.5, 0.6) is 0 Å². The van der Waals surface area contributed by atoms with Gasteiger partial charge < -0.3 is 15.7 Å². The van der Waals surface area contributed by atoms with Gasteiger partial charge in [-0.05, 0) is 18.2 Å². The van der Waals surface area contributed by atoms with Gasteiger partial charge in [0.1, 0.15) is 23.7 Å². The number of nitrogens with zero attached hydrogens (tertiary/aromatic N) is 5. The summed E-state index contributed by atoms with van der Waals surface area (Å²) in [5.41, 5.74) is 3.28. The topological polar surface area (TPSA) is 110 Å². The van der Waals surface area contributed by atoms with Crippen LogP contribution in [0, 0.1) is 17.7 Å². The van der Waals surface area contributed by atoms with Crippen LogP contribution < -0.4 is 5.73 Å². The molecule has 1 amide bonds. The van der Waals surface area contributed by atoms with E-state index in [1.165, 1.54) is 24.1 Å². The summed E-state index contributed by atoms with van der Waals surface area (Å²) in [6.45, 7) is 0.323. The number of nitrogens with two attached hydrogens (primary N) is 1. The normalized spacial score (nSPS) is 18.9. The quantitative estimate of drug-likeness (QED) is 0.612. The Bertz CT molecular complexity index is 1230. The van der Waals surface area contributed by atoms with Crippen molar-refractivity contribution in [3.05, 3.63) is 41.6 Å². The number of aliphatic hydroxyl groups is 1. The number of aromatic nitrogens is 4. The monoisotopic (exact) mass is 416 g/mol. The molecule has 0 bridgehead atoms. The van der Waals surface area contributed by atoms with Gasteiger partial charge in [0.05, 0.1) is 16.6 Å². The maximum Gasteiger partial charge on any atom is 0.282 e. The first kappa shape index (κ1) is 19.7. The molecule has 30 heavy (non-hydrogen) atoms. The van der Waals surface area contributed by atoms with Gasteiger partial charge in [0, 0.05) is 20.0 Å². The molecule has 0 unspecified atom stereocenters. The molecule has 1 atom stereocenters. The second-order valence-electron chi connectivity index (χ2n) is 6.81. The summed E-state index contributed by atoms with van der Waals surface area (Å²) in [6, 6.07) is 3.64. The van der Waals surface area contributed by atoms with Gasteiger partial charge in [0.2, 0.25) is 5.60 Å². The highest BCUT2D eigenvalue weighted by atomic mass is 19.3. The number of alkyl halides is 2. The zero-order valence-corrected chi connectivity index (χ0v) is 15.6. The number of anilines is 1. The van der Waals surface area contributed by atoms with Crippen molar-refractivity contribution in [1.82, 2.24) is 24.6 Å². The fourth-order valence-corrected chi connectivity index (χ4v) is 3.21. The van der Waals surface area contributed by atoms with E-state index in [1.807, 2.05) is 0 Å². The lowest BCUT2D eigenvalue weighted by Gasteiger charge is -2.13. The Kier molecular flexibility index (Phi) is 4.58. The molecule has 3 aromatic rings. The van der Waals surface area contributed by atoms with E-state index in [0.717, 1.165) is 17.1 Å². The van der Waals surface area contributed by atoms with Crippen molar-refractivity contribution in [3.63, 3.8) is 0 Å². The average Bonchev–Trinajstić information content (AvgIpc) is 3.23. The molecule has 1 fully saturated rings. The molecule has 11 heteroatoms. The molecular formula is C19H15F3N6O2. The van der Waals surface area contributed by atoms with Crippen LogP contribution in [0.3, 0.4) is 0 Å². The molecule has 3 N–H and O–H groups in total. The number of hydrogen-bond donors (Lipinski definition) is 2. The minimum absolute atomic E-state index is 0.0227. The number of amides is 1. The van der Waals surface area contributed by atoms with E-state index < -0.39 is 29.4 Å². The molecule has 1 aliphatic heterocycles. The molecule has 1 saturated heterocycles. The van der Waals surface area contributed by atoms with Crippen molar-refractivity contribution in [2.75, 3.05) is 19.3 Å². The molecule has 0 spiro atoms. The van der Waals surface area contributed by atoms with Gasteiger partial charge in [-0.15, -0.1) is 0 Å². The van der Waals surface area contributed by atoms with Gasteiger partial charge in [-0.2, -0.15) is 5.10 Å². The van der Waals surface area contributed by atoms with Crippen LogP contribution in [0.4, 0.5) is 19.0 Å². The molecule has 2 aromatic heterocycles. The summed E-state index contributed by atoms with van der Waals surface area (Å²) in [5, 5.41) is 14.2. The number of carbonyl (C=O) groups is 1. The SMILES string of the molecule is CN1CC[C@@](O)(C#Cc2cc(-n3nc(C(F)F)c4c(N)ncnc43)ccc2F)C1=O. The van der Waals surface area contributed by atoms with Crippen LogP contribution >= 0.6 is 0 Å². The molecule has 1 aromatic carbocycles. The Hall–Kier alpha value is -3.65. The third-order valence-corrected chi connectivity index (χ3v) is 4.84. The van der Waals surface area contributed by atoms with Gasteiger partial charge in [0.25, 0.3) is 12.3 Å². The Morgan fingerprint density at radius 2 is 2.10 bits per heavy atom. The van der Waals surface area contributed by atoms with Gasteiger partial charge >= 0.3 is 0 Å². The first-order valence-corrected chi connectivity index (χ1v) is 8.79. The number of halogens is 3. The molecule has 0 radical (unpaired) electrons. The predicted octanol–water partition coefficient (Wildman–Crippen LogP) is 1.42. The first-order valence-electron chi connectivity index (χ1n) is 8.79. The number of likely N-dealkylation sites (tertiary alicyclic amines) is 1. The summed E-state index contributed by atoms with van der Waals surface area (Å²) < 4.78 is 42.2. The summed E-state index contributed by atoms with van der Waals surface area (Å²) in [7, 11) is 1.53. The number of benzene rings is 1. The lowest BCUT2D eigenvalue weighted by atomic mass is 10.0. The molecule has 0 aliphatic carbocycles. The number of fused-ring (bicyclic) bond motifs is 1. The molecule has 154 valence electrons. The maximum absolute atomic E-state index is 14.3. The fourth-order valence-electron chi connectivity index (χ4n) is 3.21. The summed E-state index contributed by atoms with van der Waals surface area (Å²) >= 11 is 0. The van der Waals surface area contributed by atoms with Crippen molar-refractivity contribution < 1.29 is 23.1 Å². The largest absolute Gasteiger partial charge is 0.383 e. The van der Waals surface area contributed by atoms with Crippen molar-refractivity contribution in [2.45, 2.75) is 18.4 Å². The third kappa shape index (κ3) is 3.11. The van der Waals surface area contributed by atoms with Crippen molar-refractivity contribution in [3.8, 4) is 17.5 Å². The van der Waals surface area contributed by atoms with Crippen molar-refractivity contribution in [1.29, 1.82) is 0 Å². The highest BCUT2D eigenvalue weighted by Gasteiger charge is 2.42. The van der Waals surface area contributed by atoms with Crippen LogP contribution in [0.1, 0.15) is 24.1 Å². The molecule has 4 rings (SSSR count). The lowest BCUT2D eigenvalue weighted by molar-refractivity contribution is -0.137. The van der Waals surface area contributed by atoms with Crippen LogP contribution in [-0.4, -0.2) is 54.9 Å².